The van der Waals surface area contributed by atoms with E-state index in [1.165, 1.54) is 11.8 Å². The van der Waals surface area contributed by atoms with Gasteiger partial charge in [0, 0.05) is 38.8 Å². The van der Waals surface area contributed by atoms with Crippen molar-refractivity contribution in [2.45, 2.75) is 31.3 Å². The first kappa shape index (κ1) is 19.3. The second-order valence-electron chi connectivity index (χ2n) is 5.97. The van der Waals surface area contributed by atoms with Crippen LogP contribution in [0.3, 0.4) is 0 Å². The van der Waals surface area contributed by atoms with Gasteiger partial charge in [0.2, 0.25) is 5.91 Å². The highest BCUT2D eigenvalue weighted by Gasteiger charge is 2.17. The highest BCUT2D eigenvalue weighted by Crippen LogP contribution is 2.22. The van der Waals surface area contributed by atoms with Gasteiger partial charge < -0.3 is 15.1 Å². The zero-order valence-corrected chi connectivity index (χ0v) is 16.0. The van der Waals surface area contributed by atoms with Crippen LogP contribution in [0.15, 0.2) is 11.2 Å². The topological polar surface area (TPSA) is 61.4 Å². The van der Waals surface area contributed by atoms with Gasteiger partial charge in [0.05, 0.1) is 5.75 Å². The quantitative estimate of drug-likeness (QED) is 0.327. The van der Waals surface area contributed by atoms with Crippen molar-refractivity contribution < 1.29 is 4.79 Å². The van der Waals surface area contributed by atoms with Crippen LogP contribution in [0.2, 0.25) is 5.15 Å². The molecule has 0 saturated carbocycles. The standard InChI is InChI=1S/C16H26ClN5OS/c1-3-4-5-6-18-15(23)12-24-16-19-13(17)11-14(20-16)22-9-7-21(2)8-10-22/h11H,3-10,12H2,1-2H3,(H,18,23). The van der Waals surface area contributed by atoms with Gasteiger partial charge in [0.1, 0.15) is 11.0 Å². The molecule has 2 rings (SSSR count). The van der Waals surface area contributed by atoms with Gasteiger partial charge in [-0.2, -0.15) is 0 Å². The summed E-state index contributed by atoms with van der Waals surface area (Å²) < 4.78 is 0. The van der Waals surface area contributed by atoms with E-state index in [9.17, 15) is 4.79 Å². The highest BCUT2D eigenvalue weighted by molar-refractivity contribution is 7.99. The molecule has 134 valence electrons. The maximum absolute atomic E-state index is 11.9. The molecule has 24 heavy (non-hydrogen) atoms. The number of aromatic nitrogens is 2. The Morgan fingerprint density at radius 3 is 2.75 bits per heavy atom. The van der Waals surface area contributed by atoms with Gasteiger partial charge in [-0.1, -0.05) is 43.1 Å². The fraction of sp³-hybridized carbons (Fsp3) is 0.688. The molecule has 1 aliphatic heterocycles. The van der Waals surface area contributed by atoms with E-state index in [0.717, 1.165) is 57.8 Å². The maximum atomic E-state index is 11.9. The number of thioether (sulfide) groups is 1. The third kappa shape index (κ3) is 6.45. The summed E-state index contributed by atoms with van der Waals surface area (Å²) in [6.45, 7) is 6.73. The zero-order chi connectivity index (χ0) is 17.4. The average Bonchev–Trinajstić information content (AvgIpc) is 2.57. The molecular formula is C16H26ClN5OS. The molecule has 0 radical (unpaired) electrons. The number of amides is 1. The Morgan fingerprint density at radius 1 is 1.29 bits per heavy atom. The highest BCUT2D eigenvalue weighted by atomic mass is 35.5. The van der Waals surface area contributed by atoms with Crippen LogP contribution in [0.25, 0.3) is 0 Å². The molecule has 0 bridgehead atoms. The van der Waals surface area contributed by atoms with E-state index in [4.69, 9.17) is 11.6 Å². The molecule has 1 aromatic heterocycles. The molecule has 1 fully saturated rings. The van der Waals surface area contributed by atoms with Crippen LogP contribution in [-0.2, 0) is 4.79 Å². The van der Waals surface area contributed by atoms with Crippen LogP contribution in [-0.4, -0.2) is 66.3 Å². The number of likely N-dealkylation sites (N-methyl/N-ethyl adjacent to an activating group) is 1. The maximum Gasteiger partial charge on any atom is 0.230 e. The lowest BCUT2D eigenvalue weighted by molar-refractivity contribution is -0.118. The number of halogens is 1. The van der Waals surface area contributed by atoms with Gasteiger partial charge >= 0.3 is 0 Å². The van der Waals surface area contributed by atoms with E-state index in [1.54, 1.807) is 6.07 Å². The van der Waals surface area contributed by atoms with Crippen molar-refractivity contribution in [2.75, 3.05) is 50.4 Å². The molecule has 0 aromatic carbocycles. The molecule has 1 aliphatic rings. The predicted octanol–water partition coefficient (Wildman–Crippen LogP) is 2.28. The number of rotatable bonds is 8. The second kappa shape index (κ2) is 10.1. The van der Waals surface area contributed by atoms with Crippen molar-refractivity contribution in [3.8, 4) is 0 Å². The van der Waals surface area contributed by atoms with E-state index in [-0.39, 0.29) is 5.91 Å². The van der Waals surface area contributed by atoms with Gasteiger partial charge in [-0.05, 0) is 13.5 Å². The summed E-state index contributed by atoms with van der Waals surface area (Å²) in [6.07, 6.45) is 3.31. The van der Waals surface area contributed by atoms with Crippen molar-refractivity contribution in [1.29, 1.82) is 0 Å². The molecule has 1 amide bonds. The SMILES string of the molecule is CCCCCNC(=O)CSc1nc(Cl)cc(N2CCN(C)CC2)n1. The van der Waals surface area contributed by atoms with Gasteiger partial charge in [0.25, 0.3) is 0 Å². The largest absolute Gasteiger partial charge is 0.355 e. The number of carbonyl (C=O) groups excluding carboxylic acids is 1. The van der Waals surface area contributed by atoms with Gasteiger partial charge in [-0.25, -0.2) is 9.97 Å². The minimum Gasteiger partial charge on any atom is -0.355 e. The Morgan fingerprint density at radius 2 is 2.04 bits per heavy atom. The number of unbranched alkanes of at least 4 members (excludes halogenated alkanes) is 2. The normalized spacial score (nSPS) is 15.5. The lowest BCUT2D eigenvalue weighted by atomic mass is 10.2. The van der Waals surface area contributed by atoms with Crippen LogP contribution in [0.5, 0.6) is 0 Å². The Kier molecular flexibility index (Phi) is 8.08. The fourth-order valence-electron chi connectivity index (χ4n) is 2.43. The third-order valence-electron chi connectivity index (χ3n) is 3.92. The van der Waals surface area contributed by atoms with Gasteiger partial charge in [-0.3, -0.25) is 4.79 Å². The first-order valence-electron chi connectivity index (χ1n) is 8.46. The molecule has 0 spiro atoms. The molecule has 2 heterocycles. The number of anilines is 1. The van der Waals surface area contributed by atoms with Crippen LogP contribution < -0.4 is 10.2 Å². The summed E-state index contributed by atoms with van der Waals surface area (Å²) in [5.41, 5.74) is 0. The van der Waals surface area contributed by atoms with Crippen LogP contribution >= 0.6 is 23.4 Å². The van der Waals surface area contributed by atoms with Crippen LogP contribution in [0.4, 0.5) is 5.82 Å². The smallest absolute Gasteiger partial charge is 0.230 e. The molecule has 0 aliphatic carbocycles. The average molecular weight is 372 g/mol. The van der Waals surface area contributed by atoms with Crippen molar-refractivity contribution in [1.82, 2.24) is 20.2 Å². The first-order valence-corrected chi connectivity index (χ1v) is 9.82. The summed E-state index contributed by atoms with van der Waals surface area (Å²) in [5, 5.41) is 3.90. The van der Waals surface area contributed by atoms with Gasteiger partial charge in [0.15, 0.2) is 5.16 Å². The predicted molar refractivity (Wildman–Crippen MR) is 100 cm³/mol. The second-order valence-corrected chi connectivity index (χ2v) is 7.30. The number of carbonyl (C=O) groups is 1. The zero-order valence-electron chi connectivity index (χ0n) is 14.4. The lowest BCUT2D eigenvalue weighted by Crippen LogP contribution is -2.44. The number of piperazine rings is 1. The van der Waals surface area contributed by atoms with Crippen LogP contribution in [0, 0.1) is 0 Å². The fourth-order valence-corrected chi connectivity index (χ4v) is 3.34. The molecular weight excluding hydrogens is 346 g/mol. The van der Waals surface area contributed by atoms with E-state index < -0.39 is 0 Å². The molecule has 1 saturated heterocycles. The van der Waals surface area contributed by atoms with Crippen LogP contribution in [0.1, 0.15) is 26.2 Å². The van der Waals surface area contributed by atoms with Crippen molar-refractivity contribution >= 4 is 35.1 Å². The molecule has 0 atom stereocenters. The van der Waals surface area contributed by atoms with Crippen molar-refractivity contribution in [3.05, 3.63) is 11.2 Å². The number of nitrogens with zero attached hydrogens (tertiary/aromatic N) is 4. The Bertz CT molecular complexity index is 537. The Balaban J connectivity index is 1.85. The number of hydrogen-bond donors (Lipinski definition) is 1. The number of hydrogen-bond acceptors (Lipinski definition) is 6. The Hall–Kier alpha value is -1.05. The van der Waals surface area contributed by atoms with Gasteiger partial charge in [-0.15, -0.1) is 0 Å². The monoisotopic (exact) mass is 371 g/mol. The van der Waals surface area contributed by atoms with E-state index >= 15 is 0 Å². The third-order valence-corrected chi connectivity index (χ3v) is 4.96. The summed E-state index contributed by atoms with van der Waals surface area (Å²) in [4.78, 5) is 25.1. The molecule has 6 nitrogen and oxygen atoms in total. The number of nitrogens with one attached hydrogen (secondary N) is 1. The van der Waals surface area contributed by atoms with Crippen molar-refractivity contribution in [2.24, 2.45) is 0 Å². The first-order chi connectivity index (χ1) is 11.6. The minimum absolute atomic E-state index is 0.0147. The summed E-state index contributed by atoms with van der Waals surface area (Å²) in [6, 6.07) is 1.79. The summed E-state index contributed by atoms with van der Waals surface area (Å²) >= 11 is 7.46. The van der Waals surface area contributed by atoms with Crippen molar-refractivity contribution in [3.63, 3.8) is 0 Å². The molecule has 1 aromatic rings. The lowest BCUT2D eigenvalue weighted by Gasteiger charge is -2.33. The van der Waals surface area contributed by atoms with E-state index in [0.29, 0.717) is 16.1 Å². The van der Waals surface area contributed by atoms with E-state index in [2.05, 4.69) is 39.1 Å². The summed E-state index contributed by atoms with van der Waals surface area (Å²) in [7, 11) is 2.12. The minimum atomic E-state index is 0.0147. The van der Waals surface area contributed by atoms with E-state index in [1.807, 2.05) is 0 Å². The molecule has 0 unspecified atom stereocenters. The molecule has 1 N–H and O–H groups in total. The Labute approximate surface area is 153 Å². The molecule has 8 heteroatoms. The summed E-state index contributed by atoms with van der Waals surface area (Å²) in [5.74, 6) is 1.17.